The van der Waals surface area contributed by atoms with Crippen molar-refractivity contribution in [3.63, 3.8) is 0 Å². The van der Waals surface area contributed by atoms with Crippen LogP contribution in [0.25, 0.3) is 0 Å². The monoisotopic (exact) mass is 268 g/mol. The van der Waals surface area contributed by atoms with Gasteiger partial charge in [-0.3, -0.25) is 4.68 Å². The summed E-state index contributed by atoms with van der Waals surface area (Å²) in [7, 11) is 1.89. The third-order valence-electron chi connectivity index (χ3n) is 2.99. The zero-order valence-corrected chi connectivity index (χ0v) is 11.7. The minimum atomic E-state index is -0.161. The Labute approximate surface area is 114 Å². The highest BCUT2D eigenvalue weighted by Crippen LogP contribution is 2.00. The molecule has 0 saturated carbocycles. The van der Waals surface area contributed by atoms with Gasteiger partial charge in [-0.1, -0.05) is 6.92 Å². The van der Waals surface area contributed by atoms with Crippen LogP contribution >= 0.6 is 0 Å². The SMILES string of the molecule is CCC(CCO)NC(=O)NCCCc1cnn(C)c1. The maximum absolute atomic E-state index is 11.6. The molecule has 108 valence electrons. The average Bonchev–Trinajstić information content (AvgIpc) is 2.80. The predicted octanol–water partition coefficient (Wildman–Crippen LogP) is 0.813. The summed E-state index contributed by atoms with van der Waals surface area (Å²) in [5.41, 5.74) is 1.18. The lowest BCUT2D eigenvalue weighted by Crippen LogP contribution is -2.42. The van der Waals surface area contributed by atoms with E-state index in [0.29, 0.717) is 13.0 Å². The van der Waals surface area contributed by atoms with E-state index in [1.54, 1.807) is 4.68 Å². The Morgan fingerprint density at radius 3 is 2.95 bits per heavy atom. The molecule has 1 heterocycles. The van der Waals surface area contributed by atoms with Crippen molar-refractivity contribution < 1.29 is 9.90 Å². The standard InChI is InChI=1S/C13H24N4O2/c1-3-12(6-8-18)16-13(19)14-7-4-5-11-9-15-17(2)10-11/h9-10,12,18H,3-8H2,1-2H3,(H2,14,16,19). The van der Waals surface area contributed by atoms with E-state index < -0.39 is 0 Å². The quantitative estimate of drug-likeness (QED) is 0.611. The van der Waals surface area contributed by atoms with Crippen LogP contribution in [-0.4, -0.2) is 40.1 Å². The summed E-state index contributed by atoms with van der Waals surface area (Å²) in [5, 5.41) is 18.6. The van der Waals surface area contributed by atoms with E-state index >= 15 is 0 Å². The number of urea groups is 1. The Morgan fingerprint density at radius 2 is 2.37 bits per heavy atom. The summed E-state index contributed by atoms with van der Waals surface area (Å²) in [6.07, 6.45) is 7.03. The fourth-order valence-corrected chi connectivity index (χ4v) is 1.87. The van der Waals surface area contributed by atoms with E-state index in [1.807, 2.05) is 26.4 Å². The first-order chi connectivity index (χ1) is 9.15. The molecule has 0 aliphatic carbocycles. The summed E-state index contributed by atoms with van der Waals surface area (Å²) >= 11 is 0. The predicted molar refractivity (Wildman–Crippen MR) is 73.8 cm³/mol. The highest BCUT2D eigenvalue weighted by atomic mass is 16.3. The molecule has 0 radical (unpaired) electrons. The molecule has 0 saturated heterocycles. The van der Waals surface area contributed by atoms with Gasteiger partial charge in [0, 0.05) is 32.4 Å². The fraction of sp³-hybridized carbons (Fsp3) is 0.692. The Balaban J connectivity index is 2.13. The van der Waals surface area contributed by atoms with Crippen molar-refractivity contribution in [2.75, 3.05) is 13.2 Å². The first-order valence-corrected chi connectivity index (χ1v) is 6.78. The number of carbonyl (C=O) groups excluding carboxylic acids is 1. The van der Waals surface area contributed by atoms with Crippen molar-refractivity contribution in [1.82, 2.24) is 20.4 Å². The number of nitrogens with one attached hydrogen (secondary N) is 2. The number of aliphatic hydroxyl groups is 1. The van der Waals surface area contributed by atoms with Crippen LogP contribution in [0.1, 0.15) is 31.7 Å². The van der Waals surface area contributed by atoms with E-state index in [0.717, 1.165) is 19.3 Å². The van der Waals surface area contributed by atoms with Gasteiger partial charge in [-0.2, -0.15) is 5.10 Å². The molecule has 1 atom stereocenters. The Bertz CT molecular complexity index is 378. The molecule has 1 aromatic rings. The number of hydrogen-bond acceptors (Lipinski definition) is 3. The number of amides is 2. The first kappa shape index (κ1) is 15.5. The van der Waals surface area contributed by atoms with Gasteiger partial charge >= 0.3 is 6.03 Å². The van der Waals surface area contributed by atoms with Crippen molar-refractivity contribution in [1.29, 1.82) is 0 Å². The molecule has 0 aliphatic heterocycles. The molecule has 2 amide bonds. The van der Waals surface area contributed by atoms with Crippen LogP contribution in [0.4, 0.5) is 4.79 Å². The van der Waals surface area contributed by atoms with Gasteiger partial charge in [-0.25, -0.2) is 4.79 Å². The molecule has 6 nitrogen and oxygen atoms in total. The molecule has 19 heavy (non-hydrogen) atoms. The Morgan fingerprint density at radius 1 is 1.58 bits per heavy atom. The molecule has 0 fully saturated rings. The average molecular weight is 268 g/mol. The minimum absolute atomic E-state index is 0.0447. The van der Waals surface area contributed by atoms with Gasteiger partial charge in [-0.05, 0) is 31.2 Å². The van der Waals surface area contributed by atoms with E-state index in [-0.39, 0.29) is 18.7 Å². The van der Waals surface area contributed by atoms with E-state index in [4.69, 9.17) is 5.11 Å². The lowest BCUT2D eigenvalue weighted by molar-refractivity contribution is 0.228. The summed E-state index contributed by atoms with van der Waals surface area (Å²) < 4.78 is 1.77. The van der Waals surface area contributed by atoms with Crippen LogP contribution in [0.15, 0.2) is 12.4 Å². The molecule has 6 heteroatoms. The summed E-state index contributed by atoms with van der Waals surface area (Å²) in [6.45, 7) is 2.72. The smallest absolute Gasteiger partial charge is 0.315 e. The lowest BCUT2D eigenvalue weighted by atomic mass is 10.1. The minimum Gasteiger partial charge on any atom is -0.396 e. The Hall–Kier alpha value is -1.56. The second kappa shape index (κ2) is 8.53. The van der Waals surface area contributed by atoms with Gasteiger partial charge in [0.1, 0.15) is 0 Å². The largest absolute Gasteiger partial charge is 0.396 e. The number of aliphatic hydroxyl groups excluding tert-OH is 1. The molecule has 0 aromatic carbocycles. The molecule has 0 bridgehead atoms. The van der Waals surface area contributed by atoms with Gasteiger partial charge in [-0.15, -0.1) is 0 Å². The van der Waals surface area contributed by atoms with Crippen LogP contribution in [0, 0.1) is 0 Å². The zero-order valence-electron chi connectivity index (χ0n) is 11.7. The van der Waals surface area contributed by atoms with Crippen LogP contribution in [0.2, 0.25) is 0 Å². The highest BCUT2D eigenvalue weighted by Gasteiger charge is 2.08. The molecule has 0 spiro atoms. The van der Waals surface area contributed by atoms with Crippen molar-refractivity contribution in [2.24, 2.45) is 7.05 Å². The van der Waals surface area contributed by atoms with Crippen molar-refractivity contribution in [2.45, 2.75) is 38.6 Å². The van der Waals surface area contributed by atoms with Gasteiger partial charge in [0.25, 0.3) is 0 Å². The second-order valence-electron chi connectivity index (χ2n) is 4.64. The highest BCUT2D eigenvalue weighted by molar-refractivity contribution is 5.74. The Kier molecular flexibility index (Phi) is 6.95. The molecule has 3 N–H and O–H groups in total. The topological polar surface area (TPSA) is 79.2 Å². The second-order valence-corrected chi connectivity index (χ2v) is 4.64. The van der Waals surface area contributed by atoms with E-state index in [2.05, 4.69) is 15.7 Å². The van der Waals surface area contributed by atoms with Crippen LogP contribution in [0.3, 0.4) is 0 Å². The number of carbonyl (C=O) groups is 1. The van der Waals surface area contributed by atoms with Gasteiger partial charge in [0.2, 0.25) is 0 Å². The van der Waals surface area contributed by atoms with Crippen molar-refractivity contribution in [3.8, 4) is 0 Å². The fourth-order valence-electron chi connectivity index (χ4n) is 1.87. The lowest BCUT2D eigenvalue weighted by Gasteiger charge is -2.16. The molecule has 1 rings (SSSR count). The number of hydrogen-bond donors (Lipinski definition) is 3. The molecule has 1 aromatic heterocycles. The summed E-state index contributed by atoms with van der Waals surface area (Å²) in [5.74, 6) is 0. The molecule has 1 unspecified atom stereocenters. The van der Waals surface area contributed by atoms with Crippen LogP contribution in [0.5, 0.6) is 0 Å². The van der Waals surface area contributed by atoms with Crippen molar-refractivity contribution >= 4 is 6.03 Å². The third kappa shape index (κ3) is 6.24. The third-order valence-corrected chi connectivity index (χ3v) is 2.99. The molecular formula is C13H24N4O2. The normalized spacial score (nSPS) is 12.2. The van der Waals surface area contributed by atoms with Gasteiger partial charge in [0.15, 0.2) is 0 Å². The number of aromatic nitrogens is 2. The number of rotatable bonds is 8. The van der Waals surface area contributed by atoms with Crippen LogP contribution < -0.4 is 10.6 Å². The van der Waals surface area contributed by atoms with Crippen molar-refractivity contribution in [3.05, 3.63) is 18.0 Å². The summed E-state index contributed by atoms with van der Waals surface area (Å²) in [4.78, 5) is 11.6. The first-order valence-electron chi connectivity index (χ1n) is 6.78. The van der Waals surface area contributed by atoms with Gasteiger partial charge < -0.3 is 15.7 Å². The van der Waals surface area contributed by atoms with Gasteiger partial charge in [0.05, 0.1) is 6.20 Å². The maximum atomic E-state index is 11.6. The number of nitrogens with zero attached hydrogens (tertiary/aromatic N) is 2. The summed E-state index contributed by atoms with van der Waals surface area (Å²) in [6, 6.07) is -0.116. The molecular weight excluding hydrogens is 244 g/mol. The van der Waals surface area contributed by atoms with E-state index in [9.17, 15) is 4.79 Å². The molecule has 0 aliphatic rings. The maximum Gasteiger partial charge on any atom is 0.315 e. The van der Waals surface area contributed by atoms with Crippen LogP contribution in [-0.2, 0) is 13.5 Å². The number of aryl methyl sites for hydroxylation is 2. The van der Waals surface area contributed by atoms with E-state index in [1.165, 1.54) is 5.56 Å². The zero-order chi connectivity index (χ0) is 14.1.